The van der Waals surface area contributed by atoms with Crippen molar-refractivity contribution < 1.29 is 4.79 Å². The van der Waals surface area contributed by atoms with Crippen LogP contribution in [-0.4, -0.2) is 27.4 Å². The highest BCUT2D eigenvalue weighted by Crippen LogP contribution is 2.13. The van der Waals surface area contributed by atoms with E-state index in [4.69, 9.17) is 0 Å². The van der Waals surface area contributed by atoms with Crippen molar-refractivity contribution in [3.8, 4) is 0 Å². The molecule has 6 heteroatoms. The quantitative estimate of drug-likeness (QED) is 0.753. The van der Waals surface area contributed by atoms with E-state index >= 15 is 0 Å². The van der Waals surface area contributed by atoms with E-state index in [1.165, 1.54) is 0 Å². The number of carbonyl (C=O) groups is 1. The fourth-order valence-corrected chi connectivity index (χ4v) is 1.90. The fraction of sp³-hybridized carbons (Fsp3) is 0.357. The summed E-state index contributed by atoms with van der Waals surface area (Å²) in [4.78, 5) is 23.7. The van der Waals surface area contributed by atoms with Crippen LogP contribution in [0.25, 0.3) is 0 Å². The van der Waals surface area contributed by atoms with Gasteiger partial charge in [0.1, 0.15) is 17.3 Å². The minimum Gasteiger partial charge on any atom is -0.370 e. The van der Waals surface area contributed by atoms with Gasteiger partial charge in [-0.1, -0.05) is 13.0 Å². The lowest BCUT2D eigenvalue weighted by Gasteiger charge is -2.14. The van der Waals surface area contributed by atoms with Crippen LogP contribution in [0, 0.1) is 0 Å². The highest BCUT2D eigenvalue weighted by Gasteiger charge is 2.16. The molecule has 20 heavy (non-hydrogen) atoms. The molecule has 2 aromatic rings. The van der Waals surface area contributed by atoms with Crippen molar-refractivity contribution in [3.63, 3.8) is 0 Å². The zero-order valence-electron chi connectivity index (χ0n) is 11.7. The maximum Gasteiger partial charge on any atom is 0.270 e. The zero-order chi connectivity index (χ0) is 14.4. The number of pyridine rings is 1. The van der Waals surface area contributed by atoms with Gasteiger partial charge in [0.2, 0.25) is 0 Å². The van der Waals surface area contributed by atoms with Gasteiger partial charge in [0.05, 0.1) is 6.04 Å². The highest BCUT2D eigenvalue weighted by atomic mass is 16.1. The van der Waals surface area contributed by atoms with Gasteiger partial charge >= 0.3 is 0 Å². The first-order chi connectivity index (χ1) is 9.74. The van der Waals surface area contributed by atoms with Crippen molar-refractivity contribution in [2.45, 2.75) is 26.3 Å². The van der Waals surface area contributed by atoms with E-state index in [2.05, 4.69) is 25.6 Å². The summed E-state index contributed by atoms with van der Waals surface area (Å²) in [5.41, 5.74) is 0.397. The Morgan fingerprint density at radius 3 is 2.90 bits per heavy atom. The van der Waals surface area contributed by atoms with Crippen LogP contribution in [-0.2, 0) is 0 Å². The Morgan fingerprint density at radius 2 is 2.25 bits per heavy atom. The Kier molecular flexibility index (Phi) is 4.70. The minimum atomic E-state index is -0.201. The summed E-state index contributed by atoms with van der Waals surface area (Å²) >= 11 is 0. The number of hydrogen-bond acceptors (Lipinski definition) is 4. The first kappa shape index (κ1) is 14.0. The maximum atomic E-state index is 12.2. The summed E-state index contributed by atoms with van der Waals surface area (Å²) in [6.45, 7) is 4.75. The first-order valence-electron chi connectivity index (χ1n) is 6.75. The van der Waals surface area contributed by atoms with Crippen LogP contribution >= 0.6 is 0 Å². The average Bonchev–Trinajstić information content (AvgIpc) is 2.99. The Hall–Kier alpha value is -2.37. The molecule has 0 aliphatic rings. The van der Waals surface area contributed by atoms with Gasteiger partial charge in [-0.25, -0.2) is 9.97 Å². The summed E-state index contributed by atoms with van der Waals surface area (Å²) in [7, 11) is 0. The van der Waals surface area contributed by atoms with Gasteiger partial charge < -0.3 is 15.6 Å². The van der Waals surface area contributed by atoms with Gasteiger partial charge in [0.15, 0.2) is 0 Å². The molecule has 3 N–H and O–H groups in total. The van der Waals surface area contributed by atoms with Crippen LogP contribution in [0.5, 0.6) is 0 Å². The number of nitrogens with one attached hydrogen (secondary N) is 3. The third kappa shape index (κ3) is 3.34. The number of H-pyrrole nitrogens is 1. The standard InChI is InChI=1S/C14H19N5O/c1-3-10(13-16-8-9-17-13)19-14(20)11-6-5-7-12(18-11)15-4-2/h5-10H,3-4H2,1-2H3,(H,15,18)(H,16,17)(H,19,20). The molecule has 0 saturated heterocycles. The summed E-state index contributed by atoms with van der Waals surface area (Å²) in [5.74, 6) is 1.25. The minimum absolute atomic E-state index is 0.137. The molecule has 1 unspecified atom stereocenters. The van der Waals surface area contributed by atoms with Crippen molar-refractivity contribution in [1.29, 1.82) is 0 Å². The van der Waals surface area contributed by atoms with Gasteiger partial charge in [0, 0.05) is 18.9 Å². The number of aromatic nitrogens is 3. The molecular weight excluding hydrogens is 254 g/mol. The molecule has 0 aromatic carbocycles. The van der Waals surface area contributed by atoms with Gasteiger partial charge in [0.25, 0.3) is 5.91 Å². The van der Waals surface area contributed by atoms with Crippen LogP contribution in [0.15, 0.2) is 30.6 Å². The van der Waals surface area contributed by atoms with E-state index in [0.717, 1.165) is 18.8 Å². The maximum absolute atomic E-state index is 12.2. The zero-order valence-corrected chi connectivity index (χ0v) is 11.7. The van der Waals surface area contributed by atoms with Crippen LogP contribution in [0.1, 0.15) is 42.6 Å². The van der Waals surface area contributed by atoms with E-state index in [0.29, 0.717) is 11.5 Å². The summed E-state index contributed by atoms with van der Waals surface area (Å²) in [6.07, 6.45) is 4.18. The predicted molar refractivity (Wildman–Crippen MR) is 77.5 cm³/mol. The van der Waals surface area contributed by atoms with E-state index in [1.54, 1.807) is 18.5 Å². The smallest absolute Gasteiger partial charge is 0.270 e. The van der Waals surface area contributed by atoms with Crippen LogP contribution in [0.4, 0.5) is 5.82 Å². The SMILES string of the molecule is CCNc1cccc(C(=O)NC(CC)c2ncc[nH]2)n1. The number of imidazole rings is 1. The molecule has 2 aromatic heterocycles. The molecule has 0 radical (unpaired) electrons. The van der Waals surface area contributed by atoms with Crippen LogP contribution in [0.3, 0.4) is 0 Å². The van der Waals surface area contributed by atoms with Crippen LogP contribution < -0.4 is 10.6 Å². The van der Waals surface area contributed by atoms with Gasteiger partial charge in [-0.3, -0.25) is 4.79 Å². The van der Waals surface area contributed by atoms with E-state index in [1.807, 2.05) is 26.0 Å². The molecule has 0 aliphatic heterocycles. The van der Waals surface area contributed by atoms with Crippen molar-refractivity contribution in [2.75, 3.05) is 11.9 Å². The Bertz CT molecular complexity index is 552. The Morgan fingerprint density at radius 1 is 1.40 bits per heavy atom. The van der Waals surface area contributed by atoms with E-state index < -0.39 is 0 Å². The molecule has 1 amide bonds. The van der Waals surface area contributed by atoms with Crippen molar-refractivity contribution >= 4 is 11.7 Å². The second-order valence-electron chi connectivity index (χ2n) is 4.35. The molecule has 6 nitrogen and oxygen atoms in total. The molecule has 0 spiro atoms. The number of aromatic amines is 1. The second-order valence-corrected chi connectivity index (χ2v) is 4.35. The summed E-state index contributed by atoms with van der Waals surface area (Å²) < 4.78 is 0. The monoisotopic (exact) mass is 273 g/mol. The third-order valence-corrected chi connectivity index (χ3v) is 2.90. The van der Waals surface area contributed by atoms with Crippen molar-refractivity contribution in [3.05, 3.63) is 42.1 Å². The predicted octanol–water partition coefficient (Wildman–Crippen LogP) is 2.12. The highest BCUT2D eigenvalue weighted by molar-refractivity contribution is 5.92. The molecule has 0 fully saturated rings. The number of nitrogens with zero attached hydrogens (tertiary/aromatic N) is 2. The van der Waals surface area contributed by atoms with E-state index in [9.17, 15) is 4.79 Å². The van der Waals surface area contributed by atoms with E-state index in [-0.39, 0.29) is 11.9 Å². The molecular formula is C14H19N5O. The summed E-state index contributed by atoms with van der Waals surface area (Å²) in [5, 5.41) is 6.02. The van der Waals surface area contributed by atoms with Gasteiger partial charge in [-0.15, -0.1) is 0 Å². The van der Waals surface area contributed by atoms with Crippen molar-refractivity contribution in [2.24, 2.45) is 0 Å². The number of amides is 1. The lowest BCUT2D eigenvalue weighted by atomic mass is 10.2. The normalized spacial score (nSPS) is 11.9. The molecule has 0 bridgehead atoms. The third-order valence-electron chi connectivity index (χ3n) is 2.90. The lowest BCUT2D eigenvalue weighted by molar-refractivity contribution is 0.0929. The van der Waals surface area contributed by atoms with Crippen LogP contribution in [0.2, 0.25) is 0 Å². The summed E-state index contributed by atoms with van der Waals surface area (Å²) in [6, 6.07) is 5.21. The van der Waals surface area contributed by atoms with Crippen molar-refractivity contribution in [1.82, 2.24) is 20.3 Å². The van der Waals surface area contributed by atoms with Gasteiger partial charge in [-0.05, 0) is 25.5 Å². The largest absolute Gasteiger partial charge is 0.370 e. The lowest BCUT2D eigenvalue weighted by Crippen LogP contribution is -2.29. The average molecular weight is 273 g/mol. The first-order valence-corrected chi connectivity index (χ1v) is 6.75. The number of anilines is 1. The molecule has 0 aliphatic carbocycles. The van der Waals surface area contributed by atoms with Gasteiger partial charge in [-0.2, -0.15) is 0 Å². The number of carbonyl (C=O) groups excluding carboxylic acids is 1. The topological polar surface area (TPSA) is 82.7 Å². The molecule has 1 atom stereocenters. The number of hydrogen-bond donors (Lipinski definition) is 3. The molecule has 2 heterocycles. The molecule has 106 valence electrons. The molecule has 2 rings (SSSR count). The number of rotatable bonds is 6. The Labute approximate surface area is 118 Å². The Balaban J connectivity index is 2.09. The molecule has 0 saturated carbocycles. The second kappa shape index (κ2) is 6.70. The fourth-order valence-electron chi connectivity index (χ4n) is 1.90.